The molecule has 1 aliphatic carbocycles. The second kappa shape index (κ2) is 5.48. The lowest BCUT2D eigenvalue weighted by Crippen LogP contribution is -2.41. The minimum atomic E-state index is -3.49. The van der Waals surface area contributed by atoms with Crippen LogP contribution in [0.2, 0.25) is 0 Å². The van der Waals surface area contributed by atoms with Gasteiger partial charge in [0.1, 0.15) is 5.75 Å². The molecule has 1 fully saturated rings. The van der Waals surface area contributed by atoms with Crippen molar-refractivity contribution >= 4 is 10.0 Å². The summed E-state index contributed by atoms with van der Waals surface area (Å²) in [5.74, 6) is 0.493. The first kappa shape index (κ1) is 14.3. The predicted molar refractivity (Wildman–Crippen MR) is 71.5 cm³/mol. The van der Waals surface area contributed by atoms with E-state index in [0.717, 1.165) is 19.3 Å². The van der Waals surface area contributed by atoms with E-state index < -0.39 is 10.0 Å². The summed E-state index contributed by atoms with van der Waals surface area (Å²) in [6.45, 7) is -0.250. The first-order chi connectivity index (χ1) is 9.00. The van der Waals surface area contributed by atoms with Crippen LogP contribution in [0.25, 0.3) is 0 Å². The average Bonchev–Trinajstić information content (AvgIpc) is 2.35. The van der Waals surface area contributed by atoms with Crippen LogP contribution in [0, 0.1) is 0 Å². The van der Waals surface area contributed by atoms with Gasteiger partial charge in [-0.2, -0.15) is 4.31 Å². The molecule has 0 atom stereocenters. The summed E-state index contributed by atoms with van der Waals surface area (Å²) >= 11 is 0. The van der Waals surface area contributed by atoms with Gasteiger partial charge in [-0.05, 0) is 31.0 Å². The first-order valence-corrected chi connectivity index (χ1v) is 7.70. The quantitative estimate of drug-likeness (QED) is 0.887. The molecule has 2 rings (SSSR count). The zero-order chi connectivity index (χ0) is 14.0. The predicted octanol–water partition coefficient (Wildman–Crippen LogP) is 1.36. The molecule has 1 aliphatic rings. The normalized spacial score (nSPS) is 16.4. The first-order valence-electron chi connectivity index (χ1n) is 6.26. The number of aliphatic hydroxyl groups excluding tert-OH is 1. The molecule has 19 heavy (non-hydrogen) atoms. The van der Waals surface area contributed by atoms with Crippen LogP contribution in [-0.4, -0.2) is 38.0 Å². The van der Waals surface area contributed by atoms with Gasteiger partial charge in [0.25, 0.3) is 0 Å². The average molecular weight is 285 g/mol. The Labute approximate surface area is 113 Å². The largest absolute Gasteiger partial charge is 0.496 e. The number of methoxy groups -OCH3 is 1. The highest BCUT2D eigenvalue weighted by Gasteiger charge is 2.32. The van der Waals surface area contributed by atoms with Crippen LogP contribution in [0.4, 0.5) is 0 Å². The maximum atomic E-state index is 12.4. The minimum absolute atomic E-state index is 0.102. The summed E-state index contributed by atoms with van der Waals surface area (Å²) in [6, 6.07) is 4.67. The molecule has 0 bridgehead atoms. The van der Waals surface area contributed by atoms with Gasteiger partial charge in [0.05, 0.1) is 18.6 Å². The van der Waals surface area contributed by atoms with Crippen LogP contribution in [0.15, 0.2) is 23.1 Å². The molecule has 0 radical (unpaired) electrons. The summed E-state index contributed by atoms with van der Waals surface area (Å²) in [7, 11) is -0.388. The van der Waals surface area contributed by atoms with Crippen molar-refractivity contribution < 1.29 is 18.3 Å². The molecular weight excluding hydrogens is 266 g/mol. The Morgan fingerprint density at radius 2 is 2.11 bits per heavy atom. The van der Waals surface area contributed by atoms with Gasteiger partial charge < -0.3 is 9.84 Å². The zero-order valence-electron chi connectivity index (χ0n) is 11.2. The molecule has 1 saturated carbocycles. The second-order valence-corrected chi connectivity index (χ2v) is 6.74. The minimum Gasteiger partial charge on any atom is -0.496 e. The number of rotatable bonds is 5. The Bertz CT molecular complexity index is 552. The van der Waals surface area contributed by atoms with E-state index in [0.29, 0.717) is 11.3 Å². The van der Waals surface area contributed by atoms with Crippen molar-refractivity contribution in [3.63, 3.8) is 0 Å². The van der Waals surface area contributed by atoms with Crippen molar-refractivity contribution in [2.75, 3.05) is 14.2 Å². The van der Waals surface area contributed by atoms with Crippen LogP contribution in [0.1, 0.15) is 24.8 Å². The maximum Gasteiger partial charge on any atom is 0.243 e. The van der Waals surface area contributed by atoms with Crippen LogP contribution in [0.3, 0.4) is 0 Å². The lowest BCUT2D eigenvalue weighted by atomic mass is 9.94. The van der Waals surface area contributed by atoms with Gasteiger partial charge in [-0.3, -0.25) is 0 Å². The summed E-state index contributed by atoms with van der Waals surface area (Å²) in [6.07, 6.45) is 2.91. The SMILES string of the molecule is COc1ccc(S(=O)(=O)N(C)C2CCC2)cc1CO. The number of nitrogens with zero attached hydrogens (tertiary/aromatic N) is 1. The van der Waals surface area contributed by atoms with Crippen molar-refractivity contribution in [1.82, 2.24) is 4.31 Å². The number of benzene rings is 1. The number of sulfonamides is 1. The van der Waals surface area contributed by atoms with Crippen molar-refractivity contribution in [3.05, 3.63) is 23.8 Å². The van der Waals surface area contributed by atoms with Gasteiger partial charge in [0, 0.05) is 18.7 Å². The molecule has 0 unspecified atom stereocenters. The highest BCUT2D eigenvalue weighted by atomic mass is 32.2. The molecule has 0 aliphatic heterocycles. The number of hydrogen-bond acceptors (Lipinski definition) is 4. The fourth-order valence-corrected chi connectivity index (χ4v) is 3.62. The van der Waals surface area contributed by atoms with Crippen LogP contribution >= 0.6 is 0 Å². The van der Waals surface area contributed by atoms with Crippen molar-refractivity contribution in [3.8, 4) is 5.75 Å². The third kappa shape index (κ3) is 2.61. The van der Waals surface area contributed by atoms with E-state index in [2.05, 4.69) is 0 Å². The van der Waals surface area contributed by atoms with E-state index in [4.69, 9.17) is 4.74 Å². The van der Waals surface area contributed by atoms with Gasteiger partial charge in [0.2, 0.25) is 10.0 Å². The van der Waals surface area contributed by atoms with Gasteiger partial charge in [0.15, 0.2) is 0 Å². The van der Waals surface area contributed by atoms with Crippen LogP contribution < -0.4 is 4.74 Å². The maximum absolute atomic E-state index is 12.4. The molecule has 0 amide bonds. The van der Waals surface area contributed by atoms with Gasteiger partial charge in [-0.1, -0.05) is 6.42 Å². The topological polar surface area (TPSA) is 66.8 Å². The molecule has 5 nitrogen and oxygen atoms in total. The molecular formula is C13H19NO4S. The lowest BCUT2D eigenvalue weighted by Gasteiger charge is -2.33. The summed E-state index contributed by atoms with van der Waals surface area (Å²) < 4.78 is 31.4. The molecule has 0 saturated heterocycles. The third-order valence-corrected chi connectivity index (χ3v) is 5.59. The highest BCUT2D eigenvalue weighted by Crippen LogP contribution is 2.30. The van der Waals surface area contributed by atoms with E-state index in [9.17, 15) is 13.5 Å². The Morgan fingerprint density at radius 1 is 1.42 bits per heavy atom. The number of aliphatic hydroxyl groups is 1. The molecule has 6 heteroatoms. The van der Waals surface area contributed by atoms with Gasteiger partial charge >= 0.3 is 0 Å². The van der Waals surface area contributed by atoms with E-state index in [1.165, 1.54) is 23.5 Å². The number of ether oxygens (including phenoxy) is 1. The summed E-state index contributed by atoms with van der Waals surface area (Å²) in [5, 5.41) is 9.26. The highest BCUT2D eigenvalue weighted by molar-refractivity contribution is 7.89. The smallest absolute Gasteiger partial charge is 0.243 e. The standard InChI is InChI=1S/C13H19NO4S/c1-14(11-4-3-5-11)19(16,17)12-6-7-13(18-2)10(8-12)9-15/h6-8,11,15H,3-5,9H2,1-2H3. The fourth-order valence-electron chi connectivity index (χ4n) is 2.15. The van der Waals surface area contributed by atoms with E-state index >= 15 is 0 Å². The van der Waals surface area contributed by atoms with Crippen molar-refractivity contribution in [2.45, 2.75) is 36.8 Å². The van der Waals surface area contributed by atoms with Gasteiger partial charge in [-0.15, -0.1) is 0 Å². The number of hydrogen-bond donors (Lipinski definition) is 1. The summed E-state index contributed by atoms with van der Waals surface area (Å²) in [5.41, 5.74) is 0.477. The van der Waals surface area contributed by atoms with Gasteiger partial charge in [-0.25, -0.2) is 8.42 Å². The van der Waals surface area contributed by atoms with Crippen molar-refractivity contribution in [1.29, 1.82) is 0 Å². The molecule has 106 valence electrons. The lowest BCUT2D eigenvalue weighted by molar-refractivity contribution is 0.249. The summed E-state index contributed by atoms with van der Waals surface area (Å²) in [4.78, 5) is 0.201. The van der Waals surface area contributed by atoms with Crippen LogP contribution in [0.5, 0.6) is 5.75 Å². The Morgan fingerprint density at radius 3 is 2.58 bits per heavy atom. The Kier molecular flexibility index (Phi) is 4.13. The second-order valence-electron chi connectivity index (χ2n) is 4.74. The molecule has 0 aromatic heterocycles. The van der Waals surface area contributed by atoms with Crippen LogP contribution in [-0.2, 0) is 16.6 Å². The molecule has 1 N–H and O–H groups in total. The van der Waals surface area contributed by atoms with E-state index in [-0.39, 0.29) is 17.5 Å². The molecule has 1 aromatic rings. The molecule has 0 spiro atoms. The van der Waals surface area contributed by atoms with Crippen molar-refractivity contribution in [2.24, 2.45) is 0 Å². The molecule has 1 aromatic carbocycles. The molecule has 0 heterocycles. The monoisotopic (exact) mass is 285 g/mol. The Hall–Kier alpha value is -1.11. The zero-order valence-corrected chi connectivity index (χ0v) is 12.0. The third-order valence-electron chi connectivity index (χ3n) is 3.69. The Balaban J connectivity index is 2.34. The van der Waals surface area contributed by atoms with E-state index in [1.54, 1.807) is 13.1 Å². The fraction of sp³-hybridized carbons (Fsp3) is 0.538. The van der Waals surface area contributed by atoms with E-state index in [1.807, 2.05) is 0 Å².